The Bertz CT molecular complexity index is 65.4. The van der Waals surface area contributed by atoms with Crippen molar-refractivity contribution in [2.45, 2.75) is 18.9 Å². The third-order valence-corrected chi connectivity index (χ3v) is 3.77. The van der Waals surface area contributed by atoms with E-state index in [1.165, 1.54) is 0 Å². The fourth-order valence-electron chi connectivity index (χ4n) is 0.548. The molecule has 0 aliphatic rings. The molecule has 0 rings (SSSR count). The van der Waals surface area contributed by atoms with Gasteiger partial charge in [-0.05, 0) is 13.7 Å². The summed E-state index contributed by atoms with van der Waals surface area (Å²) in [4.78, 5) is 0. The molecular weight excluding hydrogens is 114 g/mol. The molecule has 0 nitrogen and oxygen atoms in total. The normalized spacial score (nSPS) is 16.0. The molecule has 0 amide bonds. The minimum Gasteiger partial charge on any atom is -0.0625 e. The van der Waals surface area contributed by atoms with Gasteiger partial charge in [-0.1, -0.05) is 6.92 Å². The second-order valence-corrected chi connectivity index (χ2v) is 7.99. The average Bonchev–Trinajstić information content (AvgIpc) is 1.62. The molecule has 0 aromatic carbocycles. The van der Waals surface area contributed by atoms with Gasteiger partial charge in [-0.2, -0.15) is 0 Å². The lowest BCUT2D eigenvalue weighted by atomic mass is 10.0. The summed E-state index contributed by atoms with van der Waals surface area (Å²) in [6.07, 6.45) is 1.12. The highest BCUT2D eigenvalue weighted by Gasteiger charge is 2.23. The number of hydrogen-bond acceptors (Lipinski definition) is 0. The van der Waals surface area contributed by atoms with Gasteiger partial charge in [0.15, 0.2) is 0 Å². The lowest BCUT2D eigenvalue weighted by Gasteiger charge is -2.18. The highest BCUT2D eigenvalue weighted by atomic mass is 31.2. The topological polar surface area (TPSA) is 0 Å². The molecule has 0 aliphatic carbocycles. The molecule has 1 atom stereocenters. The second-order valence-electron chi connectivity index (χ2n) is 3.09. The van der Waals surface area contributed by atoms with E-state index in [2.05, 4.69) is 26.9 Å². The maximum absolute atomic E-state index is 5.80. The minimum atomic E-state index is -0.729. The standard InChI is InChI=1S/C6H15BP/c1-5-6(7)8(2,3)4/h6H,5H2,1-4H3/q+1. The van der Waals surface area contributed by atoms with Crippen LogP contribution < -0.4 is 0 Å². The zero-order valence-electron chi connectivity index (χ0n) is 6.31. The van der Waals surface area contributed by atoms with Crippen molar-refractivity contribution < 1.29 is 0 Å². The molecule has 0 aliphatic heterocycles. The summed E-state index contributed by atoms with van der Waals surface area (Å²) in [5.74, 6) is 0. The SMILES string of the molecule is [B]C(CC)[P+](C)(C)C. The zero-order valence-corrected chi connectivity index (χ0v) is 7.20. The summed E-state index contributed by atoms with van der Waals surface area (Å²) < 4.78 is 0. The summed E-state index contributed by atoms with van der Waals surface area (Å²) in [7, 11) is 5.07. The van der Waals surface area contributed by atoms with Crippen LogP contribution >= 0.6 is 7.26 Å². The van der Waals surface area contributed by atoms with Gasteiger partial charge in [-0.15, -0.1) is 0 Å². The van der Waals surface area contributed by atoms with Crippen LogP contribution in [0.3, 0.4) is 0 Å². The molecule has 0 aromatic heterocycles. The molecule has 0 aromatic rings. The molecule has 0 fully saturated rings. The van der Waals surface area contributed by atoms with Crippen molar-refractivity contribution in [1.82, 2.24) is 0 Å². The first-order valence-corrected chi connectivity index (χ1v) is 6.25. The van der Waals surface area contributed by atoms with E-state index in [1.807, 2.05) is 0 Å². The summed E-state index contributed by atoms with van der Waals surface area (Å²) in [5, 5.41) is 0. The molecule has 2 heteroatoms. The van der Waals surface area contributed by atoms with Crippen LogP contribution in [0.1, 0.15) is 13.3 Å². The Labute approximate surface area is 54.8 Å². The van der Waals surface area contributed by atoms with E-state index in [9.17, 15) is 0 Å². The lowest BCUT2D eigenvalue weighted by molar-refractivity contribution is 1.03. The van der Waals surface area contributed by atoms with E-state index in [0.29, 0.717) is 5.56 Å². The van der Waals surface area contributed by atoms with Crippen LogP contribution in [-0.2, 0) is 0 Å². The van der Waals surface area contributed by atoms with Gasteiger partial charge < -0.3 is 0 Å². The summed E-state index contributed by atoms with van der Waals surface area (Å²) in [6.45, 7) is 8.99. The van der Waals surface area contributed by atoms with E-state index in [0.717, 1.165) is 6.42 Å². The van der Waals surface area contributed by atoms with Gasteiger partial charge in [0.2, 0.25) is 0 Å². The summed E-state index contributed by atoms with van der Waals surface area (Å²) in [6, 6.07) is 0. The van der Waals surface area contributed by atoms with Crippen LogP contribution in [0.5, 0.6) is 0 Å². The van der Waals surface area contributed by atoms with Gasteiger partial charge >= 0.3 is 0 Å². The van der Waals surface area contributed by atoms with E-state index < -0.39 is 7.26 Å². The molecular formula is C6H15BP+. The molecule has 0 bridgehead atoms. The van der Waals surface area contributed by atoms with Crippen molar-refractivity contribution in [1.29, 1.82) is 0 Å². The van der Waals surface area contributed by atoms with E-state index in [1.54, 1.807) is 0 Å². The summed E-state index contributed by atoms with van der Waals surface area (Å²) >= 11 is 0. The number of hydrogen-bond donors (Lipinski definition) is 0. The fraction of sp³-hybridized carbons (Fsp3) is 1.00. The van der Waals surface area contributed by atoms with Crippen molar-refractivity contribution in [2.24, 2.45) is 0 Å². The van der Waals surface area contributed by atoms with E-state index in [4.69, 9.17) is 7.85 Å². The Morgan fingerprint density at radius 1 is 1.38 bits per heavy atom. The quantitative estimate of drug-likeness (QED) is 0.393. The molecule has 0 saturated carbocycles. The predicted molar refractivity (Wildman–Crippen MR) is 44.5 cm³/mol. The van der Waals surface area contributed by atoms with Crippen LogP contribution in [0.15, 0.2) is 0 Å². The molecule has 0 N–H and O–H groups in total. The van der Waals surface area contributed by atoms with Crippen LogP contribution in [0.25, 0.3) is 0 Å². The lowest BCUT2D eigenvalue weighted by Crippen LogP contribution is -2.09. The van der Waals surface area contributed by atoms with Crippen molar-refractivity contribution in [2.75, 3.05) is 20.0 Å². The number of rotatable bonds is 2. The van der Waals surface area contributed by atoms with Crippen LogP contribution in [0, 0.1) is 0 Å². The van der Waals surface area contributed by atoms with E-state index in [-0.39, 0.29) is 0 Å². The van der Waals surface area contributed by atoms with Crippen molar-refractivity contribution in [3.8, 4) is 0 Å². The minimum absolute atomic E-state index is 0.461. The average molecular weight is 129 g/mol. The molecule has 8 heavy (non-hydrogen) atoms. The second kappa shape index (κ2) is 2.87. The third kappa shape index (κ3) is 2.72. The maximum Gasteiger partial charge on any atom is 0.126 e. The largest absolute Gasteiger partial charge is 0.126 e. The van der Waals surface area contributed by atoms with Crippen LogP contribution in [0.2, 0.25) is 0 Å². The van der Waals surface area contributed by atoms with E-state index >= 15 is 0 Å². The molecule has 2 radical (unpaired) electrons. The molecule has 1 unspecified atom stereocenters. The highest BCUT2D eigenvalue weighted by molar-refractivity contribution is 7.75. The van der Waals surface area contributed by atoms with Gasteiger partial charge in [0, 0.05) is 25.6 Å². The Morgan fingerprint density at radius 2 is 1.75 bits per heavy atom. The van der Waals surface area contributed by atoms with Crippen molar-refractivity contribution in [3.63, 3.8) is 0 Å². The van der Waals surface area contributed by atoms with Gasteiger partial charge in [0.25, 0.3) is 0 Å². The van der Waals surface area contributed by atoms with Gasteiger partial charge in [0.05, 0.1) is 0 Å². The van der Waals surface area contributed by atoms with Gasteiger partial charge in [-0.25, -0.2) is 0 Å². The maximum atomic E-state index is 5.80. The Morgan fingerprint density at radius 3 is 1.75 bits per heavy atom. The van der Waals surface area contributed by atoms with Crippen LogP contribution in [-0.4, -0.2) is 33.4 Å². The van der Waals surface area contributed by atoms with Crippen molar-refractivity contribution >= 4 is 15.1 Å². The molecule has 0 spiro atoms. The highest BCUT2D eigenvalue weighted by Crippen LogP contribution is 2.51. The first kappa shape index (κ1) is 8.49. The molecule has 46 valence electrons. The zero-order chi connectivity index (χ0) is 6.78. The Kier molecular flexibility index (Phi) is 3.05. The summed E-state index contributed by atoms with van der Waals surface area (Å²) in [5.41, 5.74) is 0.461. The first-order chi connectivity index (χ1) is 3.48. The Hall–Kier alpha value is 0.495. The van der Waals surface area contributed by atoms with Crippen LogP contribution in [0.4, 0.5) is 0 Å². The van der Waals surface area contributed by atoms with Gasteiger partial charge in [-0.3, -0.25) is 0 Å². The smallest absolute Gasteiger partial charge is 0.0625 e. The first-order valence-electron chi connectivity index (χ1n) is 3.05. The van der Waals surface area contributed by atoms with Gasteiger partial charge in [0.1, 0.15) is 7.85 Å². The molecule has 0 saturated heterocycles. The fourth-order valence-corrected chi connectivity index (χ4v) is 1.64. The Balaban J connectivity index is 3.62. The molecule has 0 heterocycles. The van der Waals surface area contributed by atoms with Crippen molar-refractivity contribution in [3.05, 3.63) is 0 Å². The monoisotopic (exact) mass is 129 g/mol. The third-order valence-electron chi connectivity index (χ3n) is 1.41. The predicted octanol–water partition coefficient (Wildman–Crippen LogP) is 1.80.